The van der Waals surface area contributed by atoms with E-state index in [9.17, 15) is 9.59 Å². The minimum absolute atomic E-state index is 0.208. The minimum Gasteiger partial charge on any atom is -0.494 e. The second kappa shape index (κ2) is 7.26. The molecule has 0 spiro atoms. The first kappa shape index (κ1) is 16.3. The van der Waals surface area contributed by atoms with Crippen LogP contribution in [0.2, 0.25) is 0 Å². The molecule has 1 aliphatic rings. The van der Waals surface area contributed by atoms with Crippen molar-refractivity contribution < 1.29 is 24.2 Å². The number of carboxylic acid groups (broad SMARTS) is 1. The molecule has 1 aromatic rings. The van der Waals surface area contributed by atoms with E-state index in [1.165, 1.54) is 0 Å². The lowest BCUT2D eigenvalue weighted by atomic mass is 10.1. The second-order valence-electron chi connectivity index (χ2n) is 5.26. The smallest absolute Gasteiger partial charge is 0.332 e. The van der Waals surface area contributed by atoms with Gasteiger partial charge in [0.05, 0.1) is 12.6 Å². The van der Waals surface area contributed by atoms with E-state index in [1.54, 1.807) is 0 Å². The Kier molecular flexibility index (Phi) is 5.38. The fraction of sp³-hybridized carbons (Fsp3) is 0.500. The van der Waals surface area contributed by atoms with Crippen molar-refractivity contribution in [2.45, 2.75) is 44.9 Å². The van der Waals surface area contributed by atoms with Crippen molar-refractivity contribution in [3.8, 4) is 5.75 Å². The summed E-state index contributed by atoms with van der Waals surface area (Å²) in [4.78, 5) is 23.0. The Morgan fingerprint density at radius 3 is 2.77 bits per heavy atom. The largest absolute Gasteiger partial charge is 0.494 e. The first-order valence-corrected chi connectivity index (χ1v) is 7.42. The van der Waals surface area contributed by atoms with Crippen LogP contribution in [-0.2, 0) is 14.3 Å². The van der Waals surface area contributed by atoms with Crippen LogP contribution in [0.4, 0.5) is 0 Å². The summed E-state index contributed by atoms with van der Waals surface area (Å²) in [5.74, 6) is -0.546. The number of nitrogens with one attached hydrogen (secondary N) is 1. The third-order valence-electron chi connectivity index (χ3n) is 3.62. The van der Waals surface area contributed by atoms with Crippen molar-refractivity contribution in [3.05, 3.63) is 29.8 Å². The summed E-state index contributed by atoms with van der Waals surface area (Å²) in [6.45, 7) is 4.36. The van der Waals surface area contributed by atoms with Crippen LogP contribution in [0.25, 0.3) is 0 Å². The van der Waals surface area contributed by atoms with Gasteiger partial charge in [0.25, 0.3) is 0 Å². The van der Waals surface area contributed by atoms with Crippen molar-refractivity contribution in [2.75, 3.05) is 6.61 Å². The standard InChI is InChI=1S/C16H21NO5/c1-3-21-12-6-4-5-11(9-12)10(2)17-15(18)13-7-8-14(22-13)16(19)20/h4-6,9-10,13-14H,3,7-8H2,1-2H3,(H,17,18)(H,19,20)/t10?,13-,14+/m0/s1. The van der Waals surface area contributed by atoms with E-state index in [0.717, 1.165) is 11.3 Å². The Labute approximate surface area is 129 Å². The van der Waals surface area contributed by atoms with E-state index in [-0.39, 0.29) is 11.9 Å². The molecule has 0 radical (unpaired) electrons. The average molecular weight is 307 g/mol. The number of aliphatic carboxylic acids is 1. The lowest BCUT2D eigenvalue weighted by molar-refractivity contribution is -0.151. The normalized spacial score (nSPS) is 22.1. The molecule has 1 amide bonds. The molecule has 2 N–H and O–H groups in total. The van der Waals surface area contributed by atoms with Gasteiger partial charge in [0, 0.05) is 0 Å². The van der Waals surface area contributed by atoms with Crippen LogP contribution in [0.5, 0.6) is 5.75 Å². The number of carbonyl (C=O) groups excluding carboxylic acids is 1. The minimum atomic E-state index is -1.02. The molecule has 1 aromatic carbocycles. The van der Waals surface area contributed by atoms with Gasteiger partial charge in [-0.25, -0.2) is 4.79 Å². The summed E-state index contributed by atoms with van der Waals surface area (Å²) in [6.07, 6.45) is -0.790. The molecule has 22 heavy (non-hydrogen) atoms. The summed E-state index contributed by atoms with van der Waals surface area (Å²) < 4.78 is 10.7. The highest BCUT2D eigenvalue weighted by atomic mass is 16.5. The Morgan fingerprint density at radius 1 is 1.41 bits per heavy atom. The number of benzene rings is 1. The molecule has 1 heterocycles. The lowest BCUT2D eigenvalue weighted by Gasteiger charge is -2.18. The quantitative estimate of drug-likeness (QED) is 0.838. The number of amides is 1. The fourth-order valence-corrected chi connectivity index (χ4v) is 2.44. The number of hydrogen-bond donors (Lipinski definition) is 2. The average Bonchev–Trinajstić information content (AvgIpc) is 2.98. The molecule has 0 bridgehead atoms. The highest BCUT2D eigenvalue weighted by Gasteiger charge is 2.35. The fourth-order valence-electron chi connectivity index (χ4n) is 2.44. The van der Waals surface area contributed by atoms with Crippen LogP contribution in [0.1, 0.15) is 38.3 Å². The molecular formula is C16H21NO5. The third kappa shape index (κ3) is 3.98. The zero-order chi connectivity index (χ0) is 16.1. The van der Waals surface area contributed by atoms with E-state index >= 15 is 0 Å². The molecule has 1 aliphatic heterocycles. The number of carboxylic acids is 1. The summed E-state index contributed by atoms with van der Waals surface area (Å²) in [7, 11) is 0. The maximum atomic E-state index is 12.1. The van der Waals surface area contributed by atoms with Gasteiger partial charge >= 0.3 is 5.97 Å². The van der Waals surface area contributed by atoms with Crippen molar-refractivity contribution in [1.29, 1.82) is 0 Å². The topological polar surface area (TPSA) is 84.9 Å². The first-order valence-electron chi connectivity index (χ1n) is 7.42. The molecule has 1 fully saturated rings. The molecule has 0 aromatic heterocycles. The number of carbonyl (C=O) groups is 2. The van der Waals surface area contributed by atoms with Crippen molar-refractivity contribution in [3.63, 3.8) is 0 Å². The van der Waals surface area contributed by atoms with Gasteiger partial charge in [-0.05, 0) is 44.4 Å². The summed E-state index contributed by atoms with van der Waals surface area (Å²) in [5.41, 5.74) is 0.923. The van der Waals surface area contributed by atoms with Crippen LogP contribution in [0, 0.1) is 0 Å². The van der Waals surface area contributed by atoms with E-state index in [0.29, 0.717) is 19.4 Å². The van der Waals surface area contributed by atoms with Gasteiger partial charge in [-0.2, -0.15) is 0 Å². The molecule has 6 heteroatoms. The van der Waals surface area contributed by atoms with Gasteiger partial charge in [-0.15, -0.1) is 0 Å². The summed E-state index contributed by atoms with van der Waals surface area (Å²) in [5, 5.41) is 11.7. The van der Waals surface area contributed by atoms with E-state index in [4.69, 9.17) is 14.6 Å². The molecule has 0 saturated carbocycles. The Bertz CT molecular complexity index is 545. The van der Waals surface area contributed by atoms with E-state index < -0.39 is 18.2 Å². The van der Waals surface area contributed by atoms with Crippen LogP contribution >= 0.6 is 0 Å². The van der Waals surface area contributed by atoms with Crippen LogP contribution in [0.3, 0.4) is 0 Å². The molecule has 0 aliphatic carbocycles. The van der Waals surface area contributed by atoms with Gasteiger partial charge < -0.3 is 19.9 Å². The first-order chi connectivity index (χ1) is 10.5. The second-order valence-corrected chi connectivity index (χ2v) is 5.26. The Hall–Kier alpha value is -2.08. The van der Waals surface area contributed by atoms with E-state index in [1.807, 2.05) is 38.1 Å². The summed E-state index contributed by atoms with van der Waals surface area (Å²) >= 11 is 0. The number of ether oxygens (including phenoxy) is 2. The van der Waals surface area contributed by atoms with Gasteiger partial charge in [0.2, 0.25) is 5.91 Å². The predicted octanol–water partition coefficient (Wildman–Crippen LogP) is 1.89. The van der Waals surface area contributed by atoms with Crippen LogP contribution in [-0.4, -0.2) is 35.8 Å². The maximum absolute atomic E-state index is 12.1. The monoisotopic (exact) mass is 307 g/mol. The molecule has 1 saturated heterocycles. The lowest BCUT2D eigenvalue weighted by Crippen LogP contribution is -2.37. The van der Waals surface area contributed by atoms with Crippen LogP contribution < -0.4 is 10.1 Å². The number of hydrogen-bond acceptors (Lipinski definition) is 4. The van der Waals surface area contributed by atoms with Crippen LogP contribution in [0.15, 0.2) is 24.3 Å². The zero-order valence-corrected chi connectivity index (χ0v) is 12.7. The number of rotatable bonds is 6. The van der Waals surface area contributed by atoms with Crippen molar-refractivity contribution in [2.24, 2.45) is 0 Å². The molecule has 3 atom stereocenters. The third-order valence-corrected chi connectivity index (χ3v) is 3.62. The molecular weight excluding hydrogens is 286 g/mol. The maximum Gasteiger partial charge on any atom is 0.332 e. The van der Waals surface area contributed by atoms with E-state index in [2.05, 4.69) is 5.32 Å². The SMILES string of the molecule is CCOc1cccc(C(C)NC(=O)[C@@H]2CC[C@H](C(=O)O)O2)c1. The highest BCUT2D eigenvalue weighted by molar-refractivity contribution is 5.83. The Morgan fingerprint density at radius 2 is 2.14 bits per heavy atom. The molecule has 6 nitrogen and oxygen atoms in total. The van der Waals surface area contributed by atoms with Gasteiger partial charge in [0.15, 0.2) is 6.10 Å². The van der Waals surface area contributed by atoms with Crippen molar-refractivity contribution >= 4 is 11.9 Å². The van der Waals surface area contributed by atoms with Gasteiger partial charge in [-0.1, -0.05) is 12.1 Å². The summed E-state index contributed by atoms with van der Waals surface area (Å²) in [6, 6.07) is 7.31. The van der Waals surface area contributed by atoms with Gasteiger partial charge in [-0.3, -0.25) is 4.79 Å². The molecule has 1 unspecified atom stereocenters. The Balaban J connectivity index is 1.94. The predicted molar refractivity (Wildman–Crippen MR) is 79.7 cm³/mol. The molecule has 120 valence electrons. The molecule has 2 rings (SSSR count). The van der Waals surface area contributed by atoms with Crippen molar-refractivity contribution in [1.82, 2.24) is 5.32 Å². The zero-order valence-electron chi connectivity index (χ0n) is 12.7. The highest BCUT2D eigenvalue weighted by Crippen LogP contribution is 2.22. The van der Waals surface area contributed by atoms with Gasteiger partial charge in [0.1, 0.15) is 11.9 Å².